The molecule has 0 radical (unpaired) electrons. The van der Waals surface area contributed by atoms with Crippen molar-refractivity contribution in [3.63, 3.8) is 0 Å². The highest BCUT2D eigenvalue weighted by atomic mass is 19.1. The number of benzene rings is 1. The summed E-state index contributed by atoms with van der Waals surface area (Å²) in [5.41, 5.74) is 8.21. The Morgan fingerprint density at radius 1 is 1.40 bits per heavy atom. The highest BCUT2D eigenvalue weighted by molar-refractivity contribution is 6.00. The number of fused-ring (bicyclic) bond motifs is 2. The summed E-state index contributed by atoms with van der Waals surface area (Å²) in [5, 5.41) is 3.41. The van der Waals surface area contributed by atoms with E-state index in [4.69, 9.17) is 5.73 Å². The van der Waals surface area contributed by atoms with Gasteiger partial charge in [-0.1, -0.05) is 0 Å². The molecule has 1 amide bonds. The standard InChI is InChI=1S/C19H21FN4O/c1-10-19(6-7-19)13-8-11(9-22-17(13)23-10)12-4-5-14(21)15(16(12)20)18(25)24(2)3/h4-5,8-10H,6-7,21H2,1-3H3,(H,22,23)/t10-/m0/s1. The Kier molecular flexibility index (Phi) is 3.29. The Morgan fingerprint density at radius 3 is 2.76 bits per heavy atom. The minimum atomic E-state index is -0.593. The van der Waals surface area contributed by atoms with E-state index in [0.29, 0.717) is 17.2 Å². The van der Waals surface area contributed by atoms with Crippen LogP contribution in [-0.4, -0.2) is 35.9 Å². The molecule has 3 N–H and O–H groups in total. The van der Waals surface area contributed by atoms with Gasteiger partial charge >= 0.3 is 0 Å². The predicted molar refractivity (Wildman–Crippen MR) is 96.1 cm³/mol. The van der Waals surface area contributed by atoms with Crippen LogP contribution in [0, 0.1) is 5.82 Å². The molecule has 0 saturated heterocycles. The summed E-state index contributed by atoms with van der Waals surface area (Å²) in [5.74, 6) is -0.154. The van der Waals surface area contributed by atoms with Gasteiger partial charge in [-0.15, -0.1) is 0 Å². The molecular weight excluding hydrogens is 319 g/mol. The average Bonchev–Trinajstić information content (AvgIpc) is 3.32. The SMILES string of the molecule is C[C@@H]1Nc2ncc(-c3ccc(N)c(C(=O)N(C)C)c3F)cc2C12CC2. The lowest BCUT2D eigenvalue weighted by Crippen LogP contribution is -2.24. The van der Waals surface area contributed by atoms with Crippen molar-refractivity contribution < 1.29 is 9.18 Å². The minimum Gasteiger partial charge on any atom is -0.398 e. The molecule has 2 aromatic rings. The summed E-state index contributed by atoms with van der Waals surface area (Å²) >= 11 is 0. The highest BCUT2D eigenvalue weighted by Crippen LogP contribution is 2.57. The maximum Gasteiger partial charge on any atom is 0.258 e. The second-order valence-corrected chi connectivity index (χ2v) is 7.23. The first-order chi connectivity index (χ1) is 11.8. The lowest BCUT2D eigenvalue weighted by molar-refractivity contribution is 0.0824. The van der Waals surface area contributed by atoms with Crippen LogP contribution in [0.3, 0.4) is 0 Å². The minimum absolute atomic E-state index is 0.0874. The molecule has 1 fully saturated rings. The van der Waals surface area contributed by atoms with Crippen molar-refractivity contribution in [3.05, 3.63) is 41.3 Å². The number of carbonyl (C=O) groups is 1. The van der Waals surface area contributed by atoms with Gasteiger partial charge in [0.15, 0.2) is 0 Å². The number of hydrogen-bond acceptors (Lipinski definition) is 4. The van der Waals surface area contributed by atoms with E-state index < -0.39 is 11.7 Å². The molecule has 1 atom stereocenters. The third kappa shape index (κ3) is 2.20. The summed E-state index contributed by atoms with van der Waals surface area (Å²) in [4.78, 5) is 18.1. The van der Waals surface area contributed by atoms with E-state index >= 15 is 4.39 Å². The van der Waals surface area contributed by atoms with Gasteiger partial charge in [0, 0.05) is 54.1 Å². The Balaban J connectivity index is 1.83. The van der Waals surface area contributed by atoms with E-state index in [-0.39, 0.29) is 16.7 Å². The molecule has 4 rings (SSSR count). The lowest BCUT2D eigenvalue weighted by Gasteiger charge is -2.16. The maximum atomic E-state index is 15.1. The number of nitrogens with two attached hydrogens (primary N) is 1. The first-order valence-corrected chi connectivity index (χ1v) is 8.42. The van der Waals surface area contributed by atoms with Gasteiger partial charge in [0.1, 0.15) is 11.6 Å². The van der Waals surface area contributed by atoms with Crippen LogP contribution in [0.15, 0.2) is 24.4 Å². The van der Waals surface area contributed by atoms with Crippen LogP contribution in [0.4, 0.5) is 15.9 Å². The Labute approximate surface area is 146 Å². The highest BCUT2D eigenvalue weighted by Gasteiger charge is 2.54. The van der Waals surface area contributed by atoms with Gasteiger partial charge in [-0.05, 0) is 38.0 Å². The molecule has 1 spiro atoms. The van der Waals surface area contributed by atoms with E-state index in [1.807, 2.05) is 6.07 Å². The van der Waals surface area contributed by atoms with Crippen molar-refractivity contribution in [1.82, 2.24) is 9.88 Å². The van der Waals surface area contributed by atoms with E-state index in [1.54, 1.807) is 32.4 Å². The van der Waals surface area contributed by atoms with E-state index in [0.717, 1.165) is 24.2 Å². The molecule has 2 aliphatic rings. The van der Waals surface area contributed by atoms with Gasteiger partial charge in [0.05, 0.1) is 5.56 Å². The molecule has 25 heavy (non-hydrogen) atoms. The van der Waals surface area contributed by atoms with Crippen molar-refractivity contribution in [2.75, 3.05) is 25.1 Å². The third-order valence-electron chi connectivity index (χ3n) is 5.50. The van der Waals surface area contributed by atoms with Gasteiger partial charge < -0.3 is 16.0 Å². The van der Waals surface area contributed by atoms with Gasteiger partial charge in [-0.3, -0.25) is 4.79 Å². The Morgan fingerprint density at radius 2 is 2.12 bits per heavy atom. The largest absolute Gasteiger partial charge is 0.398 e. The smallest absolute Gasteiger partial charge is 0.258 e. The zero-order valence-electron chi connectivity index (χ0n) is 14.6. The number of anilines is 2. The first kappa shape index (κ1) is 15.9. The number of nitrogen functional groups attached to an aromatic ring is 1. The van der Waals surface area contributed by atoms with E-state index in [1.165, 1.54) is 4.90 Å². The van der Waals surface area contributed by atoms with Crippen LogP contribution in [0.5, 0.6) is 0 Å². The maximum absolute atomic E-state index is 15.1. The van der Waals surface area contributed by atoms with Crippen LogP contribution in [0.25, 0.3) is 11.1 Å². The molecule has 5 nitrogen and oxygen atoms in total. The number of amides is 1. The normalized spacial score (nSPS) is 19.4. The monoisotopic (exact) mass is 340 g/mol. The molecule has 6 heteroatoms. The second kappa shape index (κ2) is 5.18. The Bertz CT molecular complexity index is 889. The van der Waals surface area contributed by atoms with E-state index in [9.17, 15) is 4.79 Å². The summed E-state index contributed by atoms with van der Waals surface area (Å²) < 4.78 is 15.1. The van der Waals surface area contributed by atoms with Crippen LogP contribution in [0.2, 0.25) is 0 Å². The first-order valence-electron chi connectivity index (χ1n) is 8.42. The molecule has 0 unspecified atom stereocenters. The molecule has 0 bridgehead atoms. The number of aromatic nitrogens is 1. The van der Waals surface area contributed by atoms with Gasteiger partial charge in [-0.2, -0.15) is 0 Å². The number of nitrogens with zero attached hydrogens (tertiary/aromatic N) is 2. The number of halogens is 1. The number of nitrogens with one attached hydrogen (secondary N) is 1. The number of pyridine rings is 1. The van der Waals surface area contributed by atoms with Crippen LogP contribution in [-0.2, 0) is 5.41 Å². The lowest BCUT2D eigenvalue weighted by atomic mass is 9.91. The summed E-state index contributed by atoms with van der Waals surface area (Å²) in [7, 11) is 3.16. The summed E-state index contributed by atoms with van der Waals surface area (Å²) in [6.45, 7) is 2.16. The number of carbonyl (C=O) groups excluding carboxylic acids is 1. The number of hydrogen-bond donors (Lipinski definition) is 2. The molecule has 1 saturated carbocycles. The van der Waals surface area contributed by atoms with Crippen molar-refractivity contribution in [1.29, 1.82) is 0 Å². The van der Waals surface area contributed by atoms with Gasteiger partial charge in [0.2, 0.25) is 0 Å². The molecular formula is C19H21FN4O. The second-order valence-electron chi connectivity index (χ2n) is 7.23. The molecule has 1 aliphatic carbocycles. The quantitative estimate of drug-likeness (QED) is 0.825. The zero-order valence-corrected chi connectivity index (χ0v) is 14.6. The van der Waals surface area contributed by atoms with Crippen molar-refractivity contribution in [3.8, 4) is 11.1 Å². The van der Waals surface area contributed by atoms with Crippen LogP contribution in [0.1, 0.15) is 35.7 Å². The van der Waals surface area contributed by atoms with E-state index in [2.05, 4.69) is 17.2 Å². The van der Waals surface area contributed by atoms with Gasteiger partial charge in [0.25, 0.3) is 5.91 Å². The van der Waals surface area contributed by atoms with Crippen molar-refractivity contribution >= 4 is 17.4 Å². The third-order valence-corrected chi connectivity index (χ3v) is 5.50. The predicted octanol–water partition coefficient (Wildman–Crippen LogP) is 3.02. The number of rotatable bonds is 2. The van der Waals surface area contributed by atoms with Crippen LogP contribution < -0.4 is 11.1 Å². The summed E-state index contributed by atoms with van der Waals surface area (Å²) in [6.07, 6.45) is 3.89. The fraction of sp³-hybridized carbons (Fsp3) is 0.368. The topological polar surface area (TPSA) is 71.2 Å². The molecule has 2 heterocycles. The average molecular weight is 340 g/mol. The van der Waals surface area contributed by atoms with Crippen LogP contribution >= 0.6 is 0 Å². The van der Waals surface area contributed by atoms with Crippen molar-refractivity contribution in [2.45, 2.75) is 31.2 Å². The fourth-order valence-electron chi connectivity index (χ4n) is 3.78. The Hall–Kier alpha value is -2.63. The summed E-state index contributed by atoms with van der Waals surface area (Å²) in [6, 6.07) is 5.54. The van der Waals surface area contributed by atoms with Gasteiger partial charge in [-0.25, -0.2) is 9.37 Å². The molecule has 1 aromatic heterocycles. The molecule has 1 aromatic carbocycles. The van der Waals surface area contributed by atoms with Crippen molar-refractivity contribution in [2.24, 2.45) is 0 Å². The zero-order chi connectivity index (χ0) is 17.9. The molecule has 130 valence electrons. The fourth-order valence-corrected chi connectivity index (χ4v) is 3.78. The molecule has 1 aliphatic heterocycles.